The molecule has 1 atom stereocenters. The molecule has 108 valence electrons. The summed E-state index contributed by atoms with van der Waals surface area (Å²) in [6.07, 6.45) is 4.47. The molecule has 1 rings (SSSR count). The second-order valence-corrected chi connectivity index (χ2v) is 7.54. The Hall–Kier alpha value is -0.170. The van der Waals surface area contributed by atoms with E-state index in [4.69, 9.17) is 0 Å². The fourth-order valence-electron chi connectivity index (χ4n) is 2.13. The molecule has 6 heteroatoms. The summed E-state index contributed by atoms with van der Waals surface area (Å²) in [5.74, 6) is 0. The molecule has 0 bridgehead atoms. The fourth-order valence-corrected chi connectivity index (χ4v) is 3.71. The van der Waals surface area contributed by atoms with Crippen molar-refractivity contribution in [2.75, 3.05) is 7.05 Å². The Bertz CT molecular complexity index is 360. The van der Waals surface area contributed by atoms with Crippen molar-refractivity contribution in [1.29, 1.82) is 0 Å². The lowest BCUT2D eigenvalue weighted by Gasteiger charge is -2.35. The Kier molecular flexibility index (Phi) is 5.17. The van der Waals surface area contributed by atoms with Crippen molar-refractivity contribution in [1.82, 2.24) is 9.03 Å². The number of hydrogen-bond donors (Lipinski definition) is 2. The van der Waals surface area contributed by atoms with Crippen LogP contribution in [0.2, 0.25) is 0 Å². The summed E-state index contributed by atoms with van der Waals surface area (Å²) in [6.45, 7) is 4.96. The lowest BCUT2D eigenvalue weighted by atomic mass is 9.96. The van der Waals surface area contributed by atoms with Crippen LogP contribution in [-0.4, -0.2) is 42.6 Å². The molecular weight excluding hydrogens is 252 g/mol. The molecule has 1 aliphatic carbocycles. The van der Waals surface area contributed by atoms with E-state index in [-0.39, 0.29) is 6.04 Å². The van der Waals surface area contributed by atoms with Crippen molar-refractivity contribution in [2.45, 2.75) is 70.6 Å². The lowest BCUT2D eigenvalue weighted by molar-refractivity contribution is 0.109. The zero-order valence-electron chi connectivity index (χ0n) is 11.8. The number of nitrogens with zero attached hydrogens (tertiary/aromatic N) is 1. The van der Waals surface area contributed by atoms with Crippen molar-refractivity contribution >= 4 is 10.2 Å². The predicted molar refractivity (Wildman–Crippen MR) is 72.5 cm³/mol. The standard InChI is InChI=1S/C12H26N2O3S/c1-10(15)12(2,3)13-18(16,17)14(4)11-8-6-5-7-9-11/h10-11,13,15H,5-9H2,1-4H3. The van der Waals surface area contributed by atoms with E-state index in [0.29, 0.717) is 0 Å². The summed E-state index contributed by atoms with van der Waals surface area (Å²) in [5.41, 5.74) is -0.859. The smallest absolute Gasteiger partial charge is 0.280 e. The van der Waals surface area contributed by atoms with Gasteiger partial charge in [-0.25, -0.2) is 0 Å². The first-order valence-electron chi connectivity index (χ1n) is 6.62. The highest BCUT2D eigenvalue weighted by molar-refractivity contribution is 7.87. The average Bonchev–Trinajstić information content (AvgIpc) is 2.27. The number of rotatable bonds is 5. The predicted octanol–water partition coefficient (Wildman–Crippen LogP) is 1.24. The SMILES string of the molecule is CC(O)C(C)(C)NS(=O)(=O)N(C)C1CCCCC1. The highest BCUT2D eigenvalue weighted by Crippen LogP contribution is 2.24. The van der Waals surface area contributed by atoms with E-state index in [0.717, 1.165) is 25.7 Å². The van der Waals surface area contributed by atoms with Gasteiger partial charge in [0.1, 0.15) is 0 Å². The first-order chi connectivity index (χ1) is 8.17. The minimum Gasteiger partial charge on any atom is -0.391 e. The maximum atomic E-state index is 12.3. The van der Waals surface area contributed by atoms with Crippen molar-refractivity contribution in [3.8, 4) is 0 Å². The highest BCUT2D eigenvalue weighted by Gasteiger charge is 2.34. The minimum atomic E-state index is -3.54. The molecule has 1 aliphatic rings. The quantitative estimate of drug-likeness (QED) is 0.795. The largest absolute Gasteiger partial charge is 0.391 e. The zero-order valence-corrected chi connectivity index (χ0v) is 12.6. The van der Waals surface area contributed by atoms with Gasteiger partial charge in [-0.3, -0.25) is 0 Å². The number of hydrogen-bond acceptors (Lipinski definition) is 3. The van der Waals surface area contributed by atoms with E-state index in [2.05, 4.69) is 4.72 Å². The van der Waals surface area contributed by atoms with Gasteiger partial charge in [-0.2, -0.15) is 17.4 Å². The molecule has 5 nitrogen and oxygen atoms in total. The van der Waals surface area contributed by atoms with E-state index in [9.17, 15) is 13.5 Å². The molecule has 2 N–H and O–H groups in total. The summed E-state index contributed by atoms with van der Waals surface area (Å²) < 4.78 is 28.5. The Morgan fingerprint density at radius 3 is 2.22 bits per heavy atom. The van der Waals surface area contributed by atoms with E-state index < -0.39 is 21.9 Å². The molecule has 0 radical (unpaired) electrons. The molecule has 0 heterocycles. The van der Waals surface area contributed by atoms with Gasteiger partial charge in [0.05, 0.1) is 11.6 Å². The van der Waals surface area contributed by atoms with Crippen LogP contribution >= 0.6 is 0 Å². The third kappa shape index (κ3) is 3.91. The van der Waals surface area contributed by atoms with Crippen LogP contribution in [0.5, 0.6) is 0 Å². The highest BCUT2D eigenvalue weighted by atomic mass is 32.2. The van der Waals surface area contributed by atoms with Crippen molar-refractivity contribution in [2.24, 2.45) is 0 Å². The second-order valence-electron chi connectivity index (χ2n) is 5.81. The average molecular weight is 278 g/mol. The summed E-state index contributed by atoms with van der Waals surface area (Å²) in [7, 11) is -1.92. The lowest BCUT2D eigenvalue weighted by Crippen LogP contribution is -2.56. The Morgan fingerprint density at radius 2 is 1.78 bits per heavy atom. The van der Waals surface area contributed by atoms with Gasteiger partial charge in [-0.1, -0.05) is 19.3 Å². The Labute approximate surface area is 111 Å². The zero-order chi connectivity index (χ0) is 14.0. The van der Waals surface area contributed by atoms with Gasteiger partial charge in [0.2, 0.25) is 0 Å². The maximum Gasteiger partial charge on any atom is 0.280 e. The molecule has 0 amide bonds. The number of aliphatic hydroxyl groups is 1. The van der Waals surface area contributed by atoms with Crippen LogP contribution in [0, 0.1) is 0 Å². The van der Waals surface area contributed by atoms with Crippen LogP contribution in [0.3, 0.4) is 0 Å². The monoisotopic (exact) mass is 278 g/mol. The molecule has 1 saturated carbocycles. The summed E-state index contributed by atoms with van der Waals surface area (Å²) in [5, 5.41) is 9.59. The molecule has 0 aromatic rings. The molecule has 1 unspecified atom stereocenters. The molecule has 0 spiro atoms. The topological polar surface area (TPSA) is 69.6 Å². The van der Waals surface area contributed by atoms with E-state index in [1.54, 1.807) is 27.8 Å². The molecule has 0 aromatic carbocycles. The van der Waals surface area contributed by atoms with Crippen LogP contribution in [0.1, 0.15) is 52.9 Å². The summed E-state index contributed by atoms with van der Waals surface area (Å²) >= 11 is 0. The second kappa shape index (κ2) is 5.86. The van der Waals surface area contributed by atoms with Gasteiger partial charge in [-0.05, 0) is 33.6 Å². The van der Waals surface area contributed by atoms with Crippen molar-refractivity contribution < 1.29 is 13.5 Å². The Morgan fingerprint density at radius 1 is 1.28 bits per heavy atom. The summed E-state index contributed by atoms with van der Waals surface area (Å²) in [4.78, 5) is 0. The van der Waals surface area contributed by atoms with Gasteiger partial charge in [0, 0.05) is 13.1 Å². The van der Waals surface area contributed by atoms with Crippen molar-refractivity contribution in [3.63, 3.8) is 0 Å². The van der Waals surface area contributed by atoms with E-state index in [1.165, 1.54) is 10.7 Å². The normalized spacial score (nSPS) is 21.2. The molecule has 0 saturated heterocycles. The summed E-state index contributed by atoms with van der Waals surface area (Å²) in [6, 6.07) is 0.0843. The van der Waals surface area contributed by atoms with Gasteiger partial charge in [0.25, 0.3) is 10.2 Å². The van der Waals surface area contributed by atoms with Crippen LogP contribution in [0.15, 0.2) is 0 Å². The first kappa shape index (κ1) is 15.9. The molecule has 0 aromatic heterocycles. The van der Waals surface area contributed by atoms with Crippen molar-refractivity contribution in [3.05, 3.63) is 0 Å². The van der Waals surface area contributed by atoms with Crippen LogP contribution in [-0.2, 0) is 10.2 Å². The molecule has 18 heavy (non-hydrogen) atoms. The van der Waals surface area contributed by atoms with E-state index >= 15 is 0 Å². The molecule has 1 fully saturated rings. The third-order valence-corrected chi connectivity index (χ3v) is 5.74. The van der Waals surface area contributed by atoms with Gasteiger partial charge in [-0.15, -0.1) is 0 Å². The Balaban J connectivity index is 2.73. The maximum absolute atomic E-state index is 12.3. The number of aliphatic hydroxyl groups excluding tert-OH is 1. The first-order valence-corrected chi connectivity index (χ1v) is 8.06. The van der Waals surface area contributed by atoms with Gasteiger partial charge < -0.3 is 5.11 Å². The van der Waals surface area contributed by atoms with E-state index in [1.807, 2.05) is 0 Å². The fraction of sp³-hybridized carbons (Fsp3) is 1.00. The third-order valence-electron chi connectivity index (χ3n) is 3.90. The van der Waals surface area contributed by atoms with Crippen LogP contribution < -0.4 is 4.72 Å². The molecular formula is C12H26N2O3S. The van der Waals surface area contributed by atoms with Gasteiger partial charge >= 0.3 is 0 Å². The van der Waals surface area contributed by atoms with Gasteiger partial charge in [0.15, 0.2) is 0 Å². The van der Waals surface area contributed by atoms with Crippen LogP contribution in [0.25, 0.3) is 0 Å². The van der Waals surface area contributed by atoms with Crippen LogP contribution in [0.4, 0.5) is 0 Å². The number of nitrogens with one attached hydrogen (secondary N) is 1. The minimum absolute atomic E-state index is 0.0843. The molecule has 0 aliphatic heterocycles.